The van der Waals surface area contributed by atoms with Gasteiger partial charge in [0, 0.05) is 23.3 Å². The van der Waals surface area contributed by atoms with Crippen molar-refractivity contribution < 1.29 is 14.3 Å². The summed E-state index contributed by atoms with van der Waals surface area (Å²) in [6.45, 7) is 1.73. The summed E-state index contributed by atoms with van der Waals surface area (Å²) in [7, 11) is 1.29. The minimum absolute atomic E-state index is 0.0129. The first-order valence-corrected chi connectivity index (χ1v) is 8.68. The lowest BCUT2D eigenvalue weighted by molar-refractivity contribution is -0.141. The third-order valence-corrected chi connectivity index (χ3v) is 5.22. The van der Waals surface area contributed by atoms with E-state index in [1.54, 1.807) is 6.20 Å². The number of thiazole rings is 1. The molecule has 7 nitrogen and oxygen atoms in total. The van der Waals surface area contributed by atoms with E-state index in [4.69, 9.17) is 4.74 Å². The molecule has 1 aliphatic carbocycles. The van der Waals surface area contributed by atoms with E-state index in [0.717, 1.165) is 30.6 Å². The van der Waals surface area contributed by atoms with Crippen molar-refractivity contribution in [1.82, 2.24) is 14.3 Å². The molecule has 0 spiro atoms. The summed E-state index contributed by atoms with van der Waals surface area (Å²) >= 11 is 1.39. The molecule has 1 saturated carbocycles. The van der Waals surface area contributed by atoms with Crippen LogP contribution in [0.4, 0.5) is 0 Å². The average Bonchev–Trinajstić information content (AvgIpc) is 3.21. The molecule has 128 valence electrons. The van der Waals surface area contributed by atoms with Crippen LogP contribution in [0.2, 0.25) is 0 Å². The van der Waals surface area contributed by atoms with Crippen molar-refractivity contribution >= 4 is 28.2 Å². The van der Waals surface area contributed by atoms with Gasteiger partial charge in [-0.25, -0.2) is 4.98 Å². The molecule has 0 aromatic carbocycles. The smallest absolute Gasteiger partial charge is 0.325 e. The van der Waals surface area contributed by atoms with Gasteiger partial charge in [0.2, 0.25) is 0 Å². The topological polar surface area (TPSA) is 81.0 Å². The van der Waals surface area contributed by atoms with E-state index in [1.807, 2.05) is 6.92 Å². The van der Waals surface area contributed by atoms with E-state index in [1.165, 1.54) is 33.9 Å². The fourth-order valence-electron chi connectivity index (χ4n) is 3.08. The molecule has 2 heterocycles. The lowest BCUT2D eigenvalue weighted by Crippen LogP contribution is -2.44. The molecule has 2 aromatic rings. The lowest BCUT2D eigenvalue weighted by Gasteiger charge is -2.27. The highest BCUT2D eigenvalue weighted by Crippen LogP contribution is 2.24. The summed E-state index contributed by atoms with van der Waals surface area (Å²) in [6.07, 6.45) is 6.67. The predicted molar refractivity (Wildman–Crippen MR) is 89.4 cm³/mol. The Kier molecular flexibility index (Phi) is 4.66. The maximum atomic E-state index is 12.9. The minimum atomic E-state index is -0.490. The lowest BCUT2D eigenvalue weighted by atomic mass is 10.1. The van der Waals surface area contributed by atoms with Crippen molar-refractivity contribution in [2.24, 2.45) is 0 Å². The standard InChI is InChI=1S/C16H19N3O4S/c1-10-8-19-15(22)12(7-17-16(19)24-10)14(21)18(9-13(20)23-2)11-5-3-4-6-11/h7-8,11H,3-6,9H2,1-2H3. The van der Waals surface area contributed by atoms with Crippen LogP contribution in [0.1, 0.15) is 40.9 Å². The van der Waals surface area contributed by atoms with Gasteiger partial charge in [0.05, 0.1) is 7.11 Å². The number of rotatable bonds is 4. The van der Waals surface area contributed by atoms with E-state index in [2.05, 4.69) is 4.98 Å². The number of carbonyl (C=O) groups excluding carboxylic acids is 2. The molecule has 24 heavy (non-hydrogen) atoms. The molecule has 0 radical (unpaired) electrons. The maximum Gasteiger partial charge on any atom is 0.325 e. The third kappa shape index (κ3) is 3.06. The molecular weight excluding hydrogens is 330 g/mol. The molecule has 0 N–H and O–H groups in total. The number of hydrogen-bond acceptors (Lipinski definition) is 6. The quantitative estimate of drug-likeness (QED) is 0.784. The van der Waals surface area contributed by atoms with Crippen LogP contribution < -0.4 is 5.56 Å². The highest BCUT2D eigenvalue weighted by atomic mass is 32.1. The van der Waals surface area contributed by atoms with Crippen LogP contribution in [0.25, 0.3) is 4.96 Å². The molecule has 3 rings (SSSR count). The number of aryl methyl sites for hydroxylation is 1. The Morgan fingerprint density at radius 1 is 1.42 bits per heavy atom. The number of nitrogens with zero attached hydrogens (tertiary/aromatic N) is 3. The number of methoxy groups -OCH3 is 1. The molecule has 1 fully saturated rings. The number of esters is 1. The third-order valence-electron chi connectivity index (χ3n) is 4.31. The number of fused-ring (bicyclic) bond motifs is 1. The van der Waals surface area contributed by atoms with Crippen LogP contribution in [0.3, 0.4) is 0 Å². The number of carbonyl (C=O) groups is 2. The van der Waals surface area contributed by atoms with Gasteiger partial charge in [-0.05, 0) is 19.8 Å². The molecule has 1 aliphatic rings. The Labute approximate surface area is 142 Å². The van der Waals surface area contributed by atoms with Crippen molar-refractivity contribution in [1.29, 1.82) is 0 Å². The van der Waals surface area contributed by atoms with Gasteiger partial charge >= 0.3 is 5.97 Å². The van der Waals surface area contributed by atoms with E-state index >= 15 is 0 Å². The van der Waals surface area contributed by atoms with Crippen LogP contribution in [0.15, 0.2) is 17.2 Å². The van der Waals surface area contributed by atoms with E-state index in [9.17, 15) is 14.4 Å². The number of hydrogen-bond donors (Lipinski definition) is 0. The fourth-order valence-corrected chi connectivity index (χ4v) is 3.87. The summed E-state index contributed by atoms with van der Waals surface area (Å²) in [5, 5.41) is 0. The molecular formula is C16H19N3O4S. The average molecular weight is 349 g/mol. The van der Waals surface area contributed by atoms with Gasteiger partial charge in [-0.15, -0.1) is 11.3 Å². The fraction of sp³-hybridized carbons (Fsp3) is 0.500. The molecule has 8 heteroatoms. The van der Waals surface area contributed by atoms with Crippen molar-refractivity contribution in [3.05, 3.63) is 33.2 Å². The van der Waals surface area contributed by atoms with Gasteiger partial charge in [0.1, 0.15) is 12.1 Å². The molecule has 0 unspecified atom stereocenters. The van der Waals surface area contributed by atoms with Gasteiger partial charge in [-0.1, -0.05) is 12.8 Å². The van der Waals surface area contributed by atoms with Gasteiger partial charge in [-0.2, -0.15) is 0 Å². The Morgan fingerprint density at radius 3 is 2.79 bits per heavy atom. The van der Waals surface area contributed by atoms with Crippen LogP contribution >= 0.6 is 11.3 Å². The molecule has 0 aliphatic heterocycles. The maximum absolute atomic E-state index is 12.9. The molecule has 0 atom stereocenters. The van der Waals surface area contributed by atoms with Crippen LogP contribution in [0.5, 0.6) is 0 Å². The minimum Gasteiger partial charge on any atom is -0.468 e. The van der Waals surface area contributed by atoms with Gasteiger partial charge in [0.25, 0.3) is 11.5 Å². The second-order valence-electron chi connectivity index (χ2n) is 5.92. The van der Waals surface area contributed by atoms with E-state index in [-0.39, 0.29) is 18.2 Å². The summed E-state index contributed by atoms with van der Waals surface area (Å²) in [4.78, 5) is 44.4. The van der Waals surface area contributed by atoms with E-state index in [0.29, 0.717) is 4.96 Å². The zero-order valence-corrected chi connectivity index (χ0v) is 14.5. The molecule has 0 bridgehead atoms. The zero-order valence-electron chi connectivity index (χ0n) is 13.7. The monoisotopic (exact) mass is 349 g/mol. The van der Waals surface area contributed by atoms with Crippen molar-refractivity contribution in [2.45, 2.75) is 38.6 Å². The van der Waals surface area contributed by atoms with Crippen molar-refractivity contribution in [3.63, 3.8) is 0 Å². The van der Waals surface area contributed by atoms with Gasteiger partial charge in [-0.3, -0.25) is 18.8 Å². The second-order valence-corrected chi connectivity index (χ2v) is 7.13. The summed E-state index contributed by atoms with van der Waals surface area (Å²) < 4.78 is 6.09. The van der Waals surface area contributed by atoms with Crippen LogP contribution in [-0.2, 0) is 9.53 Å². The highest BCUT2D eigenvalue weighted by molar-refractivity contribution is 7.16. The number of aromatic nitrogens is 2. The summed E-state index contributed by atoms with van der Waals surface area (Å²) in [6, 6.07) is -0.0408. The first-order chi connectivity index (χ1) is 11.5. The van der Waals surface area contributed by atoms with Gasteiger partial charge in [0.15, 0.2) is 4.96 Å². The second kappa shape index (κ2) is 6.72. The Hall–Kier alpha value is -2.22. The van der Waals surface area contributed by atoms with Crippen LogP contribution in [-0.4, -0.2) is 45.9 Å². The predicted octanol–water partition coefficient (Wildman–Crippen LogP) is 1.62. The summed E-state index contributed by atoms with van der Waals surface area (Å²) in [5.74, 6) is -0.946. The summed E-state index contributed by atoms with van der Waals surface area (Å²) in [5.41, 5.74) is -0.414. The Balaban J connectivity index is 1.98. The SMILES string of the molecule is COC(=O)CN(C(=O)c1cnc2sc(C)cn2c1=O)C1CCCC1. The Morgan fingerprint density at radius 2 is 2.12 bits per heavy atom. The normalized spacial score (nSPS) is 14.9. The zero-order chi connectivity index (χ0) is 17.3. The molecule has 1 amide bonds. The van der Waals surface area contributed by atoms with Crippen molar-refractivity contribution in [2.75, 3.05) is 13.7 Å². The number of ether oxygens (including phenoxy) is 1. The largest absolute Gasteiger partial charge is 0.468 e. The van der Waals surface area contributed by atoms with Crippen LogP contribution in [0, 0.1) is 6.92 Å². The van der Waals surface area contributed by atoms with E-state index < -0.39 is 17.4 Å². The van der Waals surface area contributed by atoms with Gasteiger partial charge < -0.3 is 9.64 Å². The van der Waals surface area contributed by atoms with Crippen molar-refractivity contribution in [3.8, 4) is 0 Å². The number of amides is 1. The Bertz CT molecular complexity index is 835. The molecule has 0 saturated heterocycles. The highest BCUT2D eigenvalue weighted by Gasteiger charge is 2.31. The first kappa shape index (κ1) is 16.6. The first-order valence-electron chi connectivity index (χ1n) is 7.87. The molecule has 2 aromatic heterocycles.